The van der Waals surface area contributed by atoms with Gasteiger partial charge in [-0.2, -0.15) is 0 Å². The molecule has 2 amide bonds. The molecule has 1 fully saturated rings. The van der Waals surface area contributed by atoms with E-state index in [0.717, 1.165) is 36.4 Å². The smallest absolute Gasteiger partial charge is 0.404 e. The maximum atomic E-state index is 12.6. The van der Waals surface area contributed by atoms with Gasteiger partial charge >= 0.3 is 6.09 Å². The van der Waals surface area contributed by atoms with E-state index in [1.54, 1.807) is 12.1 Å². The van der Waals surface area contributed by atoms with Gasteiger partial charge in [-0.25, -0.2) is 9.78 Å². The first-order valence-electron chi connectivity index (χ1n) is 11.1. The third-order valence-electron chi connectivity index (χ3n) is 5.74. The molecule has 0 radical (unpaired) electrons. The van der Waals surface area contributed by atoms with Crippen LogP contribution in [0.1, 0.15) is 37.0 Å². The molecule has 2 heterocycles. The van der Waals surface area contributed by atoms with Crippen molar-refractivity contribution >= 4 is 34.7 Å². The van der Waals surface area contributed by atoms with Crippen molar-refractivity contribution in [3.8, 4) is 0 Å². The summed E-state index contributed by atoms with van der Waals surface area (Å²) in [6.07, 6.45) is 2.83. The van der Waals surface area contributed by atoms with E-state index in [9.17, 15) is 9.59 Å². The van der Waals surface area contributed by atoms with E-state index in [0.29, 0.717) is 24.3 Å². The monoisotopic (exact) mass is 447 g/mol. The van der Waals surface area contributed by atoms with Gasteiger partial charge in [0.2, 0.25) is 5.95 Å². The maximum absolute atomic E-state index is 12.6. The van der Waals surface area contributed by atoms with Crippen LogP contribution in [0.3, 0.4) is 0 Å². The lowest BCUT2D eigenvalue weighted by atomic mass is 10.1. The van der Waals surface area contributed by atoms with Crippen molar-refractivity contribution in [3.05, 3.63) is 65.7 Å². The minimum atomic E-state index is -1.00. The average Bonchev–Trinajstić information content (AvgIpc) is 3.16. The fourth-order valence-corrected chi connectivity index (χ4v) is 4.13. The molecule has 1 atom stereocenters. The number of imidazole rings is 1. The third kappa shape index (κ3) is 5.34. The van der Waals surface area contributed by atoms with E-state index >= 15 is 0 Å². The van der Waals surface area contributed by atoms with Gasteiger partial charge in [0.15, 0.2) is 0 Å². The van der Waals surface area contributed by atoms with Crippen LogP contribution in [0.15, 0.2) is 60.2 Å². The fraction of sp³-hybridized carbons (Fsp3) is 0.320. The van der Waals surface area contributed by atoms with Crippen molar-refractivity contribution in [2.45, 2.75) is 39.3 Å². The number of anilines is 2. The Kier molecular flexibility index (Phi) is 6.63. The van der Waals surface area contributed by atoms with Crippen LogP contribution in [0.2, 0.25) is 0 Å². The first kappa shape index (κ1) is 22.4. The van der Waals surface area contributed by atoms with Gasteiger partial charge in [0.25, 0.3) is 5.91 Å². The molecule has 4 rings (SSSR count). The summed E-state index contributed by atoms with van der Waals surface area (Å²) in [5, 5.41) is 14.7. The van der Waals surface area contributed by atoms with Gasteiger partial charge in [-0.05, 0) is 57.0 Å². The number of carboxylic acid groups (broad SMARTS) is 1. The summed E-state index contributed by atoms with van der Waals surface area (Å²) in [6, 6.07) is 14.7. The molecular formula is C25H29N5O3. The first-order valence-corrected chi connectivity index (χ1v) is 11.1. The number of rotatable bonds is 6. The maximum Gasteiger partial charge on any atom is 0.404 e. The van der Waals surface area contributed by atoms with Gasteiger partial charge in [0.05, 0.1) is 11.0 Å². The molecule has 172 valence electrons. The Hall–Kier alpha value is -3.81. The summed E-state index contributed by atoms with van der Waals surface area (Å²) in [5.41, 5.74) is 4.24. The predicted molar refractivity (Wildman–Crippen MR) is 130 cm³/mol. The number of aromatic nitrogens is 2. The Morgan fingerprint density at radius 1 is 1.18 bits per heavy atom. The molecule has 0 unspecified atom stereocenters. The zero-order valence-electron chi connectivity index (χ0n) is 18.9. The van der Waals surface area contributed by atoms with Crippen LogP contribution in [0.4, 0.5) is 16.4 Å². The van der Waals surface area contributed by atoms with Crippen LogP contribution in [-0.2, 0) is 6.54 Å². The number of hydrogen-bond donors (Lipinski definition) is 3. The summed E-state index contributed by atoms with van der Waals surface area (Å²) in [6.45, 7) is 6.13. The Labute approximate surface area is 192 Å². The molecule has 2 aromatic carbocycles. The minimum Gasteiger partial charge on any atom is -0.465 e. The molecular weight excluding hydrogens is 418 g/mol. The number of allylic oxidation sites excluding steroid dienone is 2. The predicted octanol–water partition coefficient (Wildman–Crippen LogP) is 4.49. The van der Waals surface area contributed by atoms with Crippen LogP contribution >= 0.6 is 0 Å². The van der Waals surface area contributed by atoms with Crippen molar-refractivity contribution < 1.29 is 14.7 Å². The number of hydrogen-bond acceptors (Lipinski definition) is 4. The summed E-state index contributed by atoms with van der Waals surface area (Å²) < 4.78 is 2.13. The highest BCUT2D eigenvalue weighted by Crippen LogP contribution is 2.28. The molecule has 1 aliphatic heterocycles. The SMILES string of the molecule is CC(C)=CCn1c(N2CCC[C@@H](NC(=O)O)C2)nc2ccc(NC(=O)c3ccccc3)cc21. The second kappa shape index (κ2) is 9.77. The molecule has 3 N–H and O–H groups in total. The molecule has 0 aliphatic carbocycles. The Balaban J connectivity index is 1.67. The molecule has 0 saturated carbocycles. The Morgan fingerprint density at radius 3 is 2.70 bits per heavy atom. The molecule has 1 aromatic heterocycles. The van der Waals surface area contributed by atoms with Gasteiger partial charge in [-0.15, -0.1) is 0 Å². The first-order chi connectivity index (χ1) is 15.9. The molecule has 3 aromatic rings. The number of amides is 2. The average molecular weight is 448 g/mol. The lowest BCUT2D eigenvalue weighted by Gasteiger charge is -2.33. The number of carbonyl (C=O) groups excluding carboxylic acids is 1. The highest BCUT2D eigenvalue weighted by molar-refractivity contribution is 6.05. The minimum absolute atomic E-state index is 0.131. The topological polar surface area (TPSA) is 99.5 Å². The van der Waals surface area contributed by atoms with Gasteiger partial charge < -0.3 is 25.2 Å². The van der Waals surface area contributed by atoms with E-state index in [1.807, 2.05) is 36.4 Å². The molecule has 33 heavy (non-hydrogen) atoms. The number of benzene rings is 2. The zero-order valence-corrected chi connectivity index (χ0v) is 18.9. The van der Waals surface area contributed by atoms with Crippen LogP contribution < -0.4 is 15.5 Å². The lowest BCUT2D eigenvalue weighted by Crippen LogP contribution is -2.48. The highest BCUT2D eigenvalue weighted by Gasteiger charge is 2.25. The van der Waals surface area contributed by atoms with Gasteiger partial charge in [0, 0.05) is 36.9 Å². The van der Waals surface area contributed by atoms with Crippen LogP contribution in [0.5, 0.6) is 0 Å². The van der Waals surface area contributed by atoms with Crippen molar-refractivity contribution in [1.82, 2.24) is 14.9 Å². The zero-order chi connectivity index (χ0) is 23.4. The Morgan fingerprint density at radius 2 is 1.97 bits per heavy atom. The number of fused-ring (bicyclic) bond motifs is 1. The number of nitrogens with zero attached hydrogens (tertiary/aromatic N) is 3. The van der Waals surface area contributed by atoms with Crippen molar-refractivity contribution in [3.63, 3.8) is 0 Å². The van der Waals surface area contributed by atoms with E-state index in [2.05, 4.69) is 40.0 Å². The van der Waals surface area contributed by atoms with Gasteiger partial charge in [0.1, 0.15) is 0 Å². The van der Waals surface area contributed by atoms with E-state index in [4.69, 9.17) is 10.1 Å². The van der Waals surface area contributed by atoms with Gasteiger partial charge in [-0.3, -0.25) is 4.79 Å². The number of nitrogens with one attached hydrogen (secondary N) is 2. The summed E-state index contributed by atoms with van der Waals surface area (Å²) in [4.78, 5) is 30.8. The quantitative estimate of drug-likeness (QED) is 0.484. The van der Waals surface area contributed by atoms with Crippen molar-refractivity contribution in [2.24, 2.45) is 0 Å². The van der Waals surface area contributed by atoms with E-state index in [-0.39, 0.29) is 11.9 Å². The number of piperidine rings is 1. The highest BCUT2D eigenvalue weighted by atomic mass is 16.4. The lowest BCUT2D eigenvalue weighted by molar-refractivity contribution is 0.102. The molecule has 0 bridgehead atoms. The van der Waals surface area contributed by atoms with E-state index < -0.39 is 6.09 Å². The molecule has 8 nitrogen and oxygen atoms in total. The summed E-state index contributed by atoms with van der Waals surface area (Å²) >= 11 is 0. The summed E-state index contributed by atoms with van der Waals surface area (Å²) in [7, 11) is 0. The van der Waals surface area contributed by atoms with Crippen molar-refractivity contribution in [2.75, 3.05) is 23.3 Å². The summed E-state index contributed by atoms with van der Waals surface area (Å²) in [5.74, 6) is 0.648. The molecule has 1 saturated heterocycles. The fourth-order valence-electron chi connectivity index (χ4n) is 4.13. The molecule has 1 aliphatic rings. The third-order valence-corrected chi connectivity index (χ3v) is 5.74. The van der Waals surface area contributed by atoms with Crippen molar-refractivity contribution in [1.29, 1.82) is 0 Å². The van der Waals surface area contributed by atoms with Crippen LogP contribution in [0.25, 0.3) is 11.0 Å². The number of carbonyl (C=O) groups is 2. The molecule has 8 heteroatoms. The van der Waals surface area contributed by atoms with Crippen LogP contribution in [0, 0.1) is 0 Å². The second-order valence-electron chi connectivity index (χ2n) is 8.56. The van der Waals surface area contributed by atoms with Gasteiger partial charge in [-0.1, -0.05) is 29.8 Å². The Bertz CT molecular complexity index is 1180. The standard InChI is InChI=1S/C25H29N5O3/c1-17(2)12-14-30-22-15-19(26-23(31)18-7-4-3-5-8-18)10-11-21(22)28-24(30)29-13-6-9-20(16-29)27-25(32)33/h3-5,7-8,10-12,15,20,27H,6,9,13-14,16H2,1-2H3,(H,26,31)(H,32,33)/t20-/m1/s1. The largest absolute Gasteiger partial charge is 0.465 e. The normalized spacial score (nSPS) is 15.8. The van der Waals surface area contributed by atoms with E-state index in [1.165, 1.54) is 5.57 Å². The second-order valence-corrected chi connectivity index (χ2v) is 8.56. The van der Waals surface area contributed by atoms with Crippen LogP contribution in [-0.4, -0.2) is 45.8 Å². The molecule has 0 spiro atoms.